The van der Waals surface area contributed by atoms with Gasteiger partial charge in [0.1, 0.15) is 5.75 Å². The summed E-state index contributed by atoms with van der Waals surface area (Å²) in [6.45, 7) is 1.86. The third-order valence-corrected chi connectivity index (χ3v) is 4.88. The summed E-state index contributed by atoms with van der Waals surface area (Å²) in [6, 6.07) is 24.5. The highest BCUT2D eigenvalue weighted by molar-refractivity contribution is 5.94. The molecule has 0 bridgehead atoms. The number of ether oxygens (including phenoxy) is 2. The second-order valence-corrected chi connectivity index (χ2v) is 7.46. The molecular weight excluding hydrogens is 446 g/mol. The third-order valence-electron chi connectivity index (χ3n) is 4.88. The van der Waals surface area contributed by atoms with Gasteiger partial charge in [0.25, 0.3) is 5.91 Å². The summed E-state index contributed by atoms with van der Waals surface area (Å²) in [5, 5.41) is 6.93. The number of benzene rings is 3. The van der Waals surface area contributed by atoms with Crippen LogP contribution in [-0.2, 0) is 14.3 Å². The normalized spacial score (nSPS) is 11.5. The summed E-state index contributed by atoms with van der Waals surface area (Å²) in [5.41, 5.74) is 4.56. The number of hydrogen-bond donors (Lipinski definition) is 2. The van der Waals surface area contributed by atoms with Crippen LogP contribution in [-0.4, -0.2) is 37.2 Å². The average Bonchev–Trinajstić information content (AvgIpc) is 2.89. The summed E-state index contributed by atoms with van der Waals surface area (Å²) in [6.07, 6.45) is 1.51. The van der Waals surface area contributed by atoms with Crippen molar-refractivity contribution >= 4 is 24.0 Å². The summed E-state index contributed by atoms with van der Waals surface area (Å²) in [5.74, 6) is -0.535. The monoisotopic (exact) mass is 473 g/mol. The van der Waals surface area contributed by atoms with E-state index in [2.05, 4.69) is 15.8 Å². The van der Waals surface area contributed by atoms with E-state index in [1.165, 1.54) is 6.21 Å². The maximum atomic E-state index is 12.6. The largest absolute Gasteiger partial charge is 0.482 e. The summed E-state index contributed by atoms with van der Waals surface area (Å²) < 4.78 is 10.2. The Kier molecular flexibility index (Phi) is 9.56. The van der Waals surface area contributed by atoms with Gasteiger partial charge in [-0.2, -0.15) is 5.10 Å². The zero-order valence-corrected chi connectivity index (χ0v) is 19.3. The number of nitrogens with one attached hydrogen (secondary N) is 2. The highest BCUT2D eigenvalue weighted by atomic mass is 16.6. The van der Waals surface area contributed by atoms with Crippen LogP contribution in [0.2, 0.25) is 0 Å². The SMILES string of the molecule is CCOC(=O)COc1ccc(/C=N\NC(=O)C[C@H](NC(=O)c2ccccc2)c2ccccc2)cc1. The minimum atomic E-state index is -0.519. The van der Waals surface area contributed by atoms with Gasteiger partial charge in [-0.25, -0.2) is 10.2 Å². The van der Waals surface area contributed by atoms with Crippen LogP contribution in [0.1, 0.15) is 40.9 Å². The minimum absolute atomic E-state index is 0.0144. The van der Waals surface area contributed by atoms with E-state index in [-0.39, 0.29) is 24.8 Å². The number of nitrogens with zero attached hydrogens (tertiary/aromatic N) is 1. The van der Waals surface area contributed by atoms with Gasteiger partial charge in [-0.15, -0.1) is 0 Å². The van der Waals surface area contributed by atoms with Gasteiger partial charge < -0.3 is 14.8 Å². The van der Waals surface area contributed by atoms with Crippen molar-refractivity contribution in [1.29, 1.82) is 0 Å². The molecule has 0 aliphatic rings. The van der Waals surface area contributed by atoms with Gasteiger partial charge in [0.05, 0.1) is 25.3 Å². The standard InChI is InChI=1S/C27H27N3O5/c1-2-34-26(32)19-35-23-15-13-20(14-16-23)18-28-30-25(31)17-24(21-9-5-3-6-10-21)29-27(33)22-11-7-4-8-12-22/h3-16,18,24H,2,17,19H2,1H3,(H,29,33)(H,30,31)/b28-18-/t24-/m0/s1. The number of rotatable bonds is 11. The number of hydrazone groups is 1. The number of esters is 1. The zero-order chi connectivity index (χ0) is 24.9. The fraction of sp³-hybridized carbons (Fsp3) is 0.185. The fourth-order valence-electron chi connectivity index (χ4n) is 3.17. The fourth-order valence-corrected chi connectivity index (χ4v) is 3.17. The summed E-state index contributed by atoms with van der Waals surface area (Å²) in [7, 11) is 0. The quantitative estimate of drug-likeness (QED) is 0.251. The Morgan fingerprint density at radius 3 is 2.23 bits per heavy atom. The van der Waals surface area contributed by atoms with E-state index in [1.807, 2.05) is 36.4 Å². The van der Waals surface area contributed by atoms with Crippen molar-refractivity contribution in [2.24, 2.45) is 5.10 Å². The minimum Gasteiger partial charge on any atom is -0.482 e. The van der Waals surface area contributed by atoms with E-state index in [0.717, 1.165) is 11.1 Å². The molecule has 0 unspecified atom stereocenters. The van der Waals surface area contributed by atoms with E-state index >= 15 is 0 Å². The van der Waals surface area contributed by atoms with Crippen LogP contribution < -0.4 is 15.5 Å². The molecule has 3 aromatic rings. The van der Waals surface area contributed by atoms with Crippen molar-refractivity contribution in [3.05, 3.63) is 102 Å². The Balaban J connectivity index is 1.55. The lowest BCUT2D eigenvalue weighted by Crippen LogP contribution is -2.32. The molecule has 0 saturated carbocycles. The molecule has 0 fully saturated rings. The first-order chi connectivity index (χ1) is 17.0. The van der Waals surface area contributed by atoms with Gasteiger partial charge in [0.15, 0.2) is 6.61 Å². The lowest BCUT2D eigenvalue weighted by atomic mass is 10.0. The van der Waals surface area contributed by atoms with Crippen molar-refractivity contribution in [3.63, 3.8) is 0 Å². The Hall–Kier alpha value is -4.46. The molecule has 0 spiro atoms. The molecule has 2 amide bonds. The lowest BCUT2D eigenvalue weighted by Gasteiger charge is -2.18. The van der Waals surface area contributed by atoms with Crippen LogP contribution in [0.15, 0.2) is 90.0 Å². The molecule has 0 radical (unpaired) electrons. The van der Waals surface area contributed by atoms with E-state index in [1.54, 1.807) is 55.5 Å². The van der Waals surface area contributed by atoms with E-state index < -0.39 is 12.0 Å². The highest BCUT2D eigenvalue weighted by Gasteiger charge is 2.19. The van der Waals surface area contributed by atoms with Crippen molar-refractivity contribution in [3.8, 4) is 5.75 Å². The molecule has 0 aliphatic carbocycles. The molecule has 0 saturated heterocycles. The molecule has 1 atom stereocenters. The molecule has 0 aliphatic heterocycles. The van der Waals surface area contributed by atoms with Crippen molar-refractivity contribution in [2.75, 3.05) is 13.2 Å². The van der Waals surface area contributed by atoms with Crippen LogP contribution in [0.5, 0.6) is 5.75 Å². The van der Waals surface area contributed by atoms with Crippen LogP contribution >= 0.6 is 0 Å². The van der Waals surface area contributed by atoms with Gasteiger partial charge >= 0.3 is 5.97 Å². The van der Waals surface area contributed by atoms with Crippen LogP contribution in [0, 0.1) is 0 Å². The molecule has 2 N–H and O–H groups in total. The Labute approximate surface area is 204 Å². The Bertz CT molecular complexity index is 1130. The van der Waals surface area contributed by atoms with Crippen molar-refractivity contribution in [2.45, 2.75) is 19.4 Å². The first-order valence-electron chi connectivity index (χ1n) is 11.2. The van der Waals surface area contributed by atoms with Crippen LogP contribution in [0.3, 0.4) is 0 Å². The predicted molar refractivity (Wildman–Crippen MR) is 132 cm³/mol. The Morgan fingerprint density at radius 2 is 1.57 bits per heavy atom. The van der Waals surface area contributed by atoms with Crippen molar-refractivity contribution < 1.29 is 23.9 Å². The molecule has 3 aromatic carbocycles. The lowest BCUT2D eigenvalue weighted by molar-refractivity contribution is -0.145. The van der Waals surface area contributed by atoms with Gasteiger partial charge in [0.2, 0.25) is 5.91 Å². The van der Waals surface area contributed by atoms with Crippen LogP contribution in [0.25, 0.3) is 0 Å². The predicted octanol–water partition coefficient (Wildman–Crippen LogP) is 3.64. The smallest absolute Gasteiger partial charge is 0.344 e. The maximum Gasteiger partial charge on any atom is 0.344 e. The zero-order valence-electron chi connectivity index (χ0n) is 19.3. The van der Waals surface area contributed by atoms with Gasteiger partial charge in [0, 0.05) is 5.56 Å². The highest BCUT2D eigenvalue weighted by Crippen LogP contribution is 2.17. The van der Waals surface area contributed by atoms with Crippen LogP contribution in [0.4, 0.5) is 0 Å². The molecular formula is C27H27N3O5. The first kappa shape index (κ1) is 25.2. The molecule has 3 rings (SSSR count). The van der Waals surface area contributed by atoms with E-state index in [4.69, 9.17) is 9.47 Å². The second-order valence-electron chi connectivity index (χ2n) is 7.46. The van der Waals surface area contributed by atoms with Gasteiger partial charge in [-0.1, -0.05) is 48.5 Å². The number of carbonyl (C=O) groups excluding carboxylic acids is 3. The number of amides is 2. The van der Waals surface area contributed by atoms with Gasteiger partial charge in [-0.3, -0.25) is 9.59 Å². The summed E-state index contributed by atoms with van der Waals surface area (Å²) >= 11 is 0. The van der Waals surface area contributed by atoms with Crippen molar-refractivity contribution in [1.82, 2.24) is 10.7 Å². The second kappa shape index (κ2) is 13.3. The van der Waals surface area contributed by atoms with E-state index in [9.17, 15) is 14.4 Å². The first-order valence-corrected chi connectivity index (χ1v) is 11.2. The summed E-state index contributed by atoms with van der Waals surface area (Å²) in [4.78, 5) is 36.6. The maximum absolute atomic E-state index is 12.6. The topological polar surface area (TPSA) is 106 Å². The molecule has 8 heteroatoms. The Morgan fingerprint density at radius 1 is 0.914 bits per heavy atom. The van der Waals surface area contributed by atoms with Gasteiger partial charge in [-0.05, 0) is 54.4 Å². The molecule has 8 nitrogen and oxygen atoms in total. The van der Waals surface area contributed by atoms with E-state index in [0.29, 0.717) is 17.9 Å². The molecule has 35 heavy (non-hydrogen) atoms. The average molecular weight is 474 g/mol. The third kappa shape index (κ3) is 8.43. The molecule has 180 valence electrons. The number of carbonyl (C=O) groups is 3. The number of hydrogen-bond acceptors (Lipinski definition) is 6. The molecule has 0 aromatic heterocycles. The molecule has 0 heterocycles.